The molecule has 0 spiro atoms. The summed E-state index contributed by atoms with van der Waals surface area (Å²) in [6, 6.07) is 11.6. The number of hydrogen-bond donors (Lipinski definition) is 3. The van der Waals surface area contributed by atoms with Crippen LogP contribution in [0.25, 0.3) is 0 Å². The van der Waals surface area contributed by atoms with E-state index in [0.29, 0.717) is 0 Å². The average Bonchev–Trinajstić information content (AvgIpc) is 2.66. The monoisotopic (exact) mass is 390 g/mol. The summed E-state index contributed by atoms with van der Waals surface area (Å²) < 4.78 is 0. The molecule has 0 unspecified atom stereocenters. The smallest absolute Gasteiger partial charge is 0.119 e. The number of aryl methyl sites for hydroxylation is 3. The minimum absolute atomic E-state index is 0.243. The molecule has 3 aromatic carbocycles. The molecule has 0 aliphatic rings. The largest absolute Gasteiger partial charge is 0.508 e. The Kier molecular flexibility index (Phi) is 5.12. The molecule has 0 bridgehead atoms. The van der Waals surface area contributed by atoms with E-state index < -0.39 is 5.41 Å². The second-order valence-corrected chi connectivity index (χ2v) is 8.44. The Hall–Kier alpha value is -2.94. The highest BCUT2D eigenvalue weighted by molar-refractivity contribution is 5.59. The van der Waals surface area contributed by atoms with Gasteiger partial charge in [-0.25, -0.2) is 0 Å². The normalized spacial score (nSPS) is 11.7. The highest BCUT2D eigenvalue weighted by Gasteiger charge is 2.34. The Morgan fingerprint density at radius 1 is 0.483 bits per heavy atom. The maximum atomic E-state index is 10.5. The molecule has 3 rings (SSSR count). The second-order valence-electron chi connectivity index (χ2n) is 8.44. The van der Waals surface area contributed by atoms with Crippen molar-refractivity contribution in [2.24, 2.45) is 0 Å². The van der Waals surface area contributed by atoms with Crippen LogP contribution in [-0.4, -0.2) is 15.3 Å². The van der Waals surface area contributed by atoms with Gasteiger partial charge < -0.3 is 15.3 Å². The van der Waals surface area contributed by atoms with Crippen LogP contribution in [0.15, 0.2) is 36.4 Å². The van der Waals surface area contributed by atoms with Crippen LogP contribution in [0, 0.1) is 41.5 Å². The SMILES string of the molecule is Cc1cc(C(C)(c2cc(C)c(C)c(O)c2)c2cc(C)c(C)c(O)c2)cc(O)c1C. The van der Waals surface area contributed by atoms with Gasteiger partial charge in [0.25, 0.3) is 0 Å². The van der Waals surface area contributed by atoms with E-state index in [0.717, 1.165) is 50.1 Å². The van der Waals surface area contributed by atoms with Gasteiger partial charge in [-0.3, -0.25) is 0 Å². The molecule has 0 atom stereocenters. The standard InChI is InChI=1S/C26H30O3/c1-14-8-20(11-23(27)17(14)4)26(7,21-9-15(2)18(5)24(28)12-21)22-10-16(3)19(6)25(29)13-22/h8-13,27-29H,1-7H3. The lowest BCUT2D eigenvalue weighted by Crippen LogP contribution is -2.26. The third-order valence-electron chi connectivity index (χ3n) is 6.65. The molecule has 152 valence electrons. The summed E-state index contributed by atoms with van der Waals surface area (Å²) in [5, 5.41) is 31.6. The van der Waals surface area contributed by atoms with Crippen molar-refractivity contribution in [3.63, 3.8) is 0 Å². The van der Waals surface area contributed by atoms with Crippen molar-refractivity contribution in [1.29, 1.82) is 0 Å². The third kappa shape index (κ3) is 3.35. The number of phenols is 3. The first-order chi connectivity index (χ1) is 13.5. The number of hydrogen-bond acceptors (Lipinski definition) is 3. The van der Waals surface area contributed by atoms with Gasteiger partial charge >= 0.3 is 0 Å². The van der Waals surface area contributed by atoms with Crippen LogP contribution in [0.3, 0.4) is 0 Å². The quantitative estimate of drug-likeness (QED) is 0.480. The molecule has 0 radical (unpaired) electrons. The Bertz CT molecular complexity index is 900. The van der Waals surface area contributed by atoms with Crippen molar-refractivity contribution in [3.05, 3.63) is 86.5 Å². The molecule has 0 aliphatic heterocycles. The summed E-state index contributed by atoms with van der Waals surface area (Å²) in [5.74, 6) is 0.729. The zero-order valence-electron chi connectivity index (χ0n) is 18.3. The molecule has 3 nitrogen and oxygen atoms in total. The lowest BCUT2D eigenvalue weighted by molar-refractivity contribution is 0.464. The molecule has 0 saturated carbocycles. The van der Waals surface area contributed by atoms with E-state index in [1.807, 2.05) is 41.5 Å². The van der Waals surface area contributed by atoms with E-state index in [1.54, 1.807) is 18.2 Å². The highest BCUT2D eigenvalue weighted by atomic mass is 16.3. The van der Waals surface area contributed by atoms with Crippen molar-refractivity contribution in [2.45, 2.75) is 53.9 Å². The maximum Gasteiger partial charge on any atom is 0.119 e. The van der Waals surface area contributed by atoms with Crippen molar-refractivity contribution >= 4 is 0 Å². The van der Waals surface area contributed by atoms with Crippen molar-refractivity contribution in [2.75, 3.05) is 0 Å². The van der Waals surface area contributed by atoms with Gasteiger partial charge in [-0.2, -0.15) is 0 Å². The number of benzene rings is 3. The van der Waals surface area contributed by atoms with Gasteiger partial charge in [0.15, 0.2) is 0 Å². The Balaban J connectivity index is 2.42. The topological polar surface area (TPSA) is 60.7 Å². The van der Waals surface area contributed by atoms with Crippen LogP contribution in [0.1, 0.15) is 57.0 Å². The molecule has 0 fully saturated rings. The predicted octanol–water partition coefficient (Wildman–Crippen LogP) is 6.01. The molecule has 0 saturated heterocycles. The summed E-state index contributed by atoms with van der Waals surface area (Å²) in [5.41, 5.74) is 7.56. The number of rotatable bonds is 3. The average molecular weight is 391 g/mol. The number of aromatic hydroxyl groups is 3. The highest BCUT2D eigenvalue weighted by Crippen LogP contribution is 2.44. The van der Waals surface area contributed by atoms with Crippen molar-refractivity contribution in [1.82, 2.24) is 0 Å². The summed E-state index contributed by atoms with van der Waals surface area (Å²) in [7, 11) is 0. The van der Waals surface area contributed by atoms with Gasteiger partial charge in [0.2, 0.25) is 0 Å². The Morgan fingerprint density at radius 3 is 0.931 bits per heavy atom. The van der Waals surface area contributed by atoms with Gasteiger partial charge in [-0.1, -0.05) is 18.2 Å². The second kappa shape index (κ2) is 7.14. The van der Waals surface area contributed by atoms with E-state index in [9.17, 15) is 15.3 Å². The summed E-state index contributed by atoms with van der Waals surface area (Å²) in [6.07, 6.45) is 0. The molecule has 0 aromatic heterocycles. The molecular weight excluding hydrogens is 360 g/mol. The minimum Gasteiger partial charge on any atom is -0.508 e. The van der Waals surface area contributed by atoms with Gasteiger partial charge in [0.1, 0.15) is 17.2 Å². The van der Waals surface area contributed by atoms with E-state index in [1.165, 1.54) is 0 Å². The molecular formula is C26H30O3. The zero-order chi connectivity index (χ0) is 21.7. The van der Waals surface area contributed by atoms with Crippen LogP contribution in [0.2, 0.25) is 0 Å². The van der Waals surface area contributed by atoms with Crippen LogP contribution in [0.5, 0.6) is 17.2 Å². The summed E-state index contributed by atoms with van der Waals surface area (Å²) in [4.78, 5) is 0. The maximum absolute atomic E-state index is 10.5. The van der Waals surface area contributed by atoms with E-state index in [4.69, 9.17) is 0 Å². The van der Waals surface area contributed by atoms with Gasteiger partial charge in [-0.05, 0) is 117 Å². The van der Waals surface area contributed by atoms with Gasteiger partial charge in [0, 0.05) is 5.41 Å². The minimum atomic E-state index is -0.679. The van der Waals surface area contributed by atoms with Crippen LogP contribution < -0.4 is 0 Å². The molecule has 3 heteroatoms. The number of phenolic OH excluding ortho intramolecular Hbond substituents is 3. The van der Waals surface area contributed by atoms with E-state index in [2.05, 4.69) is 25.1 Å². The fraction of sp³-hybridized carbons (Fsp3) is 0.308. The van der Waals surface area contributed by atoms with Crippen molar-refractivity contribution < 1.29 is 15.3 Å². The molecule has 3 N–H and O–H groups in total. The van der Waals surface area contributed by atoms with E-state index in [-0.39, 0.29) is 17.2 Å². The van der Waals surface area contributed by atoms with Gasteiger partial charge in [-0.15, -0.1) is 0 Å². The lowest BCUT2D eigenvalue weighted by atomic mass is 9.69. The zero-order valence-corrected chi connectivity index (χ0v) is 18.3. The van der Waals surface area contributed by atoms with Crippen molar-refractivity contribution in [3.8, 4) is 17.2 Å². The first kappa shape index (κ1) is 20.8. The molecule has 0 aliphatic carbocycles. The molecule has 3 aromatic rings. The predicted molar refractivity (Wildman–Crippen MR) is 118 cm³/mol. The fourth-order valence-corrected chi connectivity index (χ4v) is 3.89. The summed E-state index contributed by atoms with van der Waals surface area (Å²) in [6.45, 7) is 13.7. The molecule has 29 heavy (non-hydrogen) atoms. The third-order valence-corrected chi connectivity index (χ3v) is 6.65. The lowest BCUT2D eigenvalue weighted by Gasteiger charge is -2.34. The van der Waals surface area contributed by atoms with Crippen LogP contribution in [0.4, 0.5) is 0 Å². The molecule has 0 amide bonds. The van der Waals surface area contributed by atoms with Crippen LogP contribution in [-0.2, 0) is 5.41 Å². The van der Waals surface area contributed by atoms with Gasteiger partial charge in [0.05, 0.1) is 0 Å². The fourth-order valence-electron chi connectivity index (χ4n) is 3.89. The van der Waals surface area contributed by atoms with Crippen LogP contribution >= 0.6 is 0 Å². The summed E-state index contributed by atoms with van der Waals surface area (Å²) >= 11 is 0. The first-order valence-corrected chi connectivity index (χ1v) is 9.88. The molecule has 0 heterocycles. The Labute approximate surface area is 173 Å². The Morgan fingerprint density at radius 2 is 0.724 bits per heavy atom. The first-order valence-electron chi connectivity index (χ1n) is 9.88. The van der Waals surface area contributed by atoms with E-state index >= 15 is 0 Å².